The number of ether oxygens (including phenoxy) is 3. The molecule has 0 radical (unpaired) electrons. The van der Waals surface area contributed by atoms with E-state index in [-0.39, 0.29) is 6.04 Å². The van der Waals surface area contributed by atoms with Crippen LogP contribution in [0.1, 0.15) is 11.6 Å². The average Bonchev–Trinajstić information content (AvgIpc) is 2.50. The van der Waals surface area contributed by atoms with Gasteiger partial charge in [0.15, 0.2) is 0 Å². The van der Waals surface area contributed by atoms with Crippen LogP contribution in [0.4, 0.5) is 0 Å². The van der Waals surface area contributed by atoms with Crippen molar-refractivity contribution >= 4 is 0 Å². The van der Waals surface area contributed by atoms with Crippen molar-refractivity contribution in [3.05, 3.63) is 29.8 Å². The van der Waals surface area contributed by atoms with Crippen molar-refractivity contribution in [3.63, 3.8) is 0 Å². The Morgan fingerprint density at radius 3 is 2.25 bits per heavy atom. The van der Waals surface area contributed by atoms with Gasteiger partial charge in [0.25, 0.3) is 0 Å². The highest BCUT2D eigenvalue weighted by molar-refractivity contribution is 5.30. The normalized spacial score (nSPS) is 12.7. The molecule has 0 aliphatic rings. The molecule has 0 aliphatic heterocycles. The van der Waals surface area contributed by atoms with E-state index in [2.05, 4.69) is 11.0 Å². The van der Waals surface area contributed by atoms with Crippen LogP contribution < -0.4 is 10.5 Å². The minimum atomic E-state index is 0.135. The highest BCUT2D eigenvalue weighted by Crippen LogP contribution is 2.23. The Labute approximate surface area is 121 Å². The van der Waals surface area contributed by atoms with E-state index in [1.165, 1.54) is 0 Å². The lowest BCUT2D eigenvalue weighted by Crippen LogP contribution is -2.38. The molecule has 1 atom stereocenters. The van der Waals surface area contributed by atoms with Crippen molar-refractivity contribution in [1.82, 2.24) is 4.90 Å². The molecule has 0 heterocycles. The summed E-state index contributed by atoms with van der Waals surface area (Å²) < 4.78 is 15.6. The number of rotatable bonds is 10. The van der Waals surface area contributed by atoms with E-state index in [0.29, 0.717) is 19.8 Å². The maximum absolute atomic E-state index is 5.98. The molecule has 5 nitrogen and oxygen atoms in total. The van der Waals surface area contributed by atoms with Crippen LogP contribution in [-0.4, -0.2) is 59.1 Å². The first-order valence-electron chi connectivity index (χ1n) is 6.82. The van der Waals surface area contributed by atoms with Crippen LogP contribution in [0.3, 0.4) is 0 Å². The molecule has 114 valence electrons. The fourth-order valence-corrected chi connectivity index (χ4v) is 2.19. The van der Waals surface area contributed by atoms with Gasteiger partial charge in [0.05, 0.1) is 20.3 Å². The van der Waals surface area contributed by atoms with Gasteiger partial charge in [0.1, 0.15) is 5.75 Å². The molecule has 1 unspecified atom stereocenters. The van der Waals surface area contributed by atoms with Crippen molar-refractivity contribution in [3.8, 4) is 5.75 Å². The molecule has 0 saturated heterocycles. The molecule has 0 aliphatic carbocycles. The molecule has 20 heavy (non-hydrogen) atoms. The highest BCUT2D eigenvalue weighted by atomic mass is 16.5. The summed E-state index contributed by atoms with van der Waals surface area (Å²) in [7, 11) is 5.08. The quantitative estimate of drug-likeness (QED) is 0.701. The molecule has 0 fully saturated rings. The Hall–Kier alpha value is -1.14. The van der Waals surface area contributed by atoms with Crippen molar-refractivity contribution in [2.45, 2.75) is 6.04 Å². The van der Waals surface area contributed by atoms with Crippen LogP contribution in [0.2, 0.25) is 0 Å². The molecule has 1 aromatic rings. The first-order valence-corrected chi connectivity index (χ1v) is 6.82. The third kappa shape index (κ3) is 5.09. The lowest BCUT2D eigenvalue weighted by molar-refractivity contribution is 0.0890. The smallest absolute Gasteiger partial charge is 0.119 e. The fourth-order valence-electron chi connectivity index (χ4n) is 2.19. The second-order valence-electron chi connectivity index (χ2n) is 4.55. The Balaban J connectivity index is 2.85. The lowest BCUT2D eigenvalue weighted by atomic mass is 10.0. The molecule has 1 aromatic carbocycles. The van der Waals surface area contributed by atoms with Crippen LogP contribution in [0, 0.1) is 0 Å². The molecule has 5 heteroatoms. The van der Waals surface area contributed by atoms with E-state index in [4.69, 9.17) is 19.9 Å². The summed E-state index contributed by atoms with van der Waals surface area (Å²) >= 11 is 0. The van der Waals surface area contributed by atoms with E-state index in [9.17, 15) is 0 Å². The van der Waals surface area contributed by atoms with Gasteiger partial charge in [-0.05, 0) is 17.7 Å². The second-order valence-corrected chi connectivity index (χ2v) is 4.55. The van der Waals surface area contributed by atoms with E-state index in [0.717, 1.165) is 24.4 Å². The van der Waals surface area contributed by atoms with Gasteiger partial charge in [0.2, 0.25) is 0 Å². The molecule has 2 N–H and O–H groups in total. The van der Waals surface area contributed by atoms with Gasteiger partial charge < -0.3 is 19.9 Å². The molecular weight excluding hydrogens is 256 g/mol. The van der Waals surface area contributed by atoms with Gasteiger partial charge in [0, 0.05) is 39.9 Å². The van der Waals surface area contributed by atoms with Crippen LogP contribution >= 0.6 is 0 Å². The number of hydrogen-bond donors (Lipinski definition) is 1. The molecule has 0 saturated carbocycles. The predicted octanol–water partition coefficient (Wildman–Crippen LogP) is 1.29. The summed E-state index contributed by atoms with van der Waals surface area (Å²) in [5, 5.41) is 0. The van der Waals surface area contributed by atoms with Gasteiger partial charge in [-0.2, -0.15) is 0 Å². The maximum atomic E-state index is 5.98. The topological polar surface area (TPSA) is 57.0 Å². The average molecular weight is 282 g/mol. The highest BCUT2D eigenvalue weighted by Gasteiger charge is 2.19. The molecular formula is C15H26N2O3. The van der Waals surface area contributed by atoms with Crippen LogP contribution in [0.15, 0.2) is 24.3 Å². The minimum Gasteiger partial charge on any atom is -0.497 e. The van der Waals surface area contributed by atoms with Gasteiger partial charge >= 0.3 is 0 Å². The second kappa shape index (κ2) is 9.72. The SMILES string of the molecule is COCCN(CCOC)C(CN)c1cccc(OC)c1. The van der Waals surface area contributed by atoms with Crippen molar-refractivity contribution in [2.75, 3.05) is 54.2 Å². The van der Waals surface area contributed by atoms with E-state index in [1.54, 1.807) is 21.3 Å². The maximum Gasteiger partial charge on any atom is 0.119 e. The number of benzene rings is 1. The van der Waals surface area contributed by atoms with Gasteiger partial charge in [-0.3, -0.25) is 4.90 Å². The van der Waals surface area contributed by atoms with Crippen molar-refractivity contribution in [1.29, 1.82) is 0 Å². The standard InChI is InChI=1S/C15H26N2O3/c1-18-9-7-17(8-10-19-2)15(12-16)13-5-4-6-14(11-13)20-3/h4-6,11,15H,7-10,12,16H2,1-3H3. The predicted molar refractivity (Wildman–Crippen MR) is 80.1 cm³/mol. The van der Waals surface area contributed by atoms with E-state index >= 15 is 0 Å². The Morgan fingerprint density at radius 1 is 1.10 bits per heavy atom. The molecule has 1 rings (SSSR count). The number of methoxy groups -OCH3 is 3. The fraction of sp³-hybridized carbons (Fsp3) is 0.600. The first kappa shape index (κ1) is 16.9. The Morgan fingerprint density at radius 2 is 1.75 bits per heavy atom. The van der Waals surface area contributed by atoms with Gasteiger partial charge in [-0.25, -0.2) is 0 Å². The summed E-state index contributed by atoms with van der Waals surface area (Å²) in [6.07, 6.45) is 0. The summed E-state index contributed by atoms with van der Waals surface area (Å²) in [6.45, 7) is 3.52. The summed E-state index contributed by atoms with van der Waals surface area (Å²) in [5.74, 6) is 0.847. The van der Waals surface area contributed by atoms with E-state index in [1.807, 2.05) is 18.2 Å². The molecule has 0 bridgehead atoms. The van der Waals surface area contributed by atoms with Crippen LogP contribution in [0.5, 0.6) is 5.75 Å². The third-order valence-electron chi connectivity index (χ3n) is 3.31. The van der Waals surface area contributed by atoms with E-state index < -0.39 is 0 Å². The van der Waals surface area contributed by atoms with Gasteiger partial charge in [-0.15, -0.1) is 0 Å². The monoisotopic (exact) mass is 282 g/mol. The van der Waals surface area contributed by atoms with Crippen molar-refractivity contribution in [2.24, 2.45) is 5.73 Å². The van der Waals surface area contributed by atoms with Crippen LogP contribution in [-0.2, 0) is 9.47 Å². The summed E-state index contributed by atoms with van der Waals surface area (Å²) in [4.78, 5) is 2.28. The molecule has 0 aromatic heterocycles. The number of nitrogens with two attached hydrogens (primary N) is 1. The third-order valence-corrected chi connectivity index (χ3v) is 3.31. The zero-order valence-corrected chi connectivity index (χ0v) is 12.7. The Bertz CT molecular complexity index is 366. The zero-order valence-electron chi connectivity index (χ0n) is 12.7. The first-order chi connectivity index (χ1) is 9.76. The van der Waals surface area contributed by atoms with Crippen LogP contribution in [0.25, 0.3) is 0 Å². The largest absolute Gasteiger partial charge is 0.497 e. The summed E-state index contributed by atoms with van der Waals surface area (Å²) in [6, 6.07) is 8.17. The minimum absolute atomic E-state index is 0.135. The zero-order chi connectivity index (χ0) is 14.8. The number of nitrogens with zero attached hydrogens (tertiary/aromatic N) is 1. The van der Waals surface area contributed by atoms with Crippen molar-refractivity contribution < 1.29 is 14.2 Å². The summed E-state index contributed by atoms with van der Waals surface area (Å²) in [5.41, 5.74) is 7.13. The number of hydrogen-bond acceptors (Lipinski definition) is 5. The van der Waals surface area contributed by atoms with Gasteiger partial charge in [-0.1, -0.05) is 12.1 Å². The molecule has 0 amide bonds. The Kier molecular flexibility index (Phi) is 8.22. The lowest BCUT2D eigenvalue weighted by Gasteiger charge is -2.31. The molecule has 0 spiro atoms.